The predicted molar refractivity (Wildman–Crippen MR) is 129 cm³/mol. The molecule has 3 heterocycles. The van der Waals surface area contributed by atoms with Crippen molar-refractivity contribution in [3.05, 3.63) is 71.0 Å². The molecule has 5 heteroatoms. The number of carbonyl (C=O) groups excluding carboxylic acids is 1. The van der Waals surface area contributed by atoms with E-state index in [9.17, 15) is 4.79 Å². The first-order valence-electron chi connectivity index (χ1n) is 11.9. The van der Waals surface area contributed by atoms with Gasteiger partial charge in [0, 0.05) is 44.0 Å². The highest BCUT2D eigenvalue weighted by Crippen LogP contribution is 2.29. The van der Waals surface area contributed by atoms with Crippen molar-refractivity contribution in [2.45, 2.75) is 46.1 Å². The molecule has 0 radical (unpaired) electrons. The van der Waals surface area contributed by atoms with Gasteiger partial charge in [0.05, 0.1) is 5.69 Å². The van der Waals surface area contributed by atoms with Gasteiger partial charge in [-0.15, -0.1) is 0 Å². The van der Waals surface area contributed by atoms with Crippen LogP contribution in [0.4, 0.5) is 5.69 Å². The van der Waals surface area contributed by atoms with Crippen LogP contribution in [0.15, 0.2) is 48.5 Å². The van der Waals surface area contributed by atoms with E-state index in [0.717, 1.165) is 69.1 Å². The van der Waals surface area contributed by atoms with E-state index < -0.39 is 0 Å². The molecule has 0 saturated carbocycles. The Morgan fingerprint density at radius 3 is 2.41 bits per heavy atom. The molecule has 0 N–H and O–H groups in total. The quantitative estimate of drug-likeness (QED) is 0.598. The molecule has 1 fully saturated rings. The maximum Gasteiger partial charge on any atom is 0.274 e. The van der Waals surface area contributed by atoms with Crippen LogP contribution in [0.1, 0.15) is 46.6 Å². The summed E-state index contributed by atoms with van der Waals surface area (Å²) in [5.41, 5.74) is 6.83. The number of piperazine rings is 1. The van der Waals surface area contributed by atoms with Gasteiger partial charge in [0.2, 0.25) is 0 Å². The third-order valence-electron chi connectivity index (χ3n) is 7.09. The van der Waals surface area contributed by atoms with E-state index in [1.807, 2.05) is 23.1 Å². The molecule has 0 aliphatic carbocycles. The Morgan fingerprint density at radius 1 is 0.844 bits per heavy atom. The summed E-state index contributed by atoms with van der Waals surface area (Å²) in [5, 5.41) is 0. The van der Waals surface area contributed by atoms with Gasteiger partial charge in [-0.1, -0.05) is 48.9 Å². The molecule has 5 rings (SSSR count). The molecule has 2 aromatic carbocycles. The van der Waals surface area contributed by atoms with Gasteiger partial charge in [-0.05, 0) is 50.3 Å². The first kappa shape index (κ1) is 20.8. The van der Waals surface area contributed by atoms with E-state index in [2.05, 4.69) is 53.6 Å². The minimum Gasteiger partial charge on any atom is -0.368 e. The normalized spacial score (nSPS) is 16.6. The topological polar surface area (TPSA) is 41.4 Å². The Kier molecular flexibility index (Phi) is 5.73. The smallest absolute Gasteiger partial charge is 0.274 e. The second-order valence-electron chi connectivity index (χ2n) is 9.06. The van der Waals surface area contributed by atoms with Gasteiger partial charge in [-0.2, -0.15) is 0 Å². The Balaban J connectivity index is 1.39. The summed E-state index contributed by atoms with van der Waals surface area (Å²) in [6.45, 7) is 8.48. The Hall–Kier alpha value is -3.08. The fourth-order valence-electron chi connectivity index (χ4n) is 5.08. The lowest BCUT2D eigenvalue weighted by atomic mass is 10.1. The van der Waals surface area contributed by atoms with Crippen LogP contribution in [-0.2, 0) is 13.0 Å². The maximum absolute atomic E-state index is 13.6. The number of rotatable bonds is 3. The first-order chi connectivity index (χ1) is 15.6. The number of aromatic nitrogens is 2. The van der Waals surface area contributed by atoms with E-state index in [1.54, 1.807) is 0 Å². The van der Waals surface area contributed by atoms with Crippen LogP contribution in [0.2, 0.25) is 0 Å². The highest BCUT2D eigenvalue weighted by Gasteiger charge is 2.29. The minimum absolute atomic E-state index is 0.0958. The number of fused-ring (bicyclic) bond motifs is 1. The second-order valence-corrected chi connectivity index (χ2v) is 9.06. The zero-order valence-electron chi connectivity index (χ0n) is 19.2. The number of benzene rings is 2. The summed E-state index contributed by atoms with van der Waals surface area (Å²) in [6, 6.07) is 16.8. The number of hydrogen-bond acceptors (Lipinski definition) is 3. The van der Waals surface area contributed by atoms with Gasteiger partial charge >= 0.3 is 0 Å². The van der Waals surface area contributed by atoms with E-state index in [1.165, 1.54) is 23.2 Å². The zero-order valence-corrected chi connectivity index (χ0v) is 19.2. The number of aryl methyl sites for hydroxylation is 1. The van der Waals surface area contributed by atoms with Crippen LogP contribution in [-0.4, -0.2) is 46.5 Å². The summed E-state index contributed by atoms with van der Waals surface area (Å²) in [7, 11) is 0. The average Bonchev–Trinajstić information content (AvgIpc) is 3.01. The molecule has 0 spiro atoms. The van der Waals surface area contributed by atoms with E-state index in [-0.39, 0.29) is 5.91 Å². The van der Waals surface area contributed by atoms with Gasteiger partial charge in [-0.25, -0.2) is 4.98 Å². The van der Waals surface area contributed by atoms with E-state index >= 15 is 0 Å². The number of imidazole rings is 1. The van der Waals surface area contributed by atoms with Crippen molar-refractivity contribution < 1.29 is 4.79 Å². The number of anilines is 1. The molecule has 0 atom stereocenters. The zero-order chi connectivity index (χ0) is 22.1. The first-order valence-corrected chi connectivity index (χ1v) is 11.9. The van der Waals surface area contributed by atoms with E-state index in [0.29, 0.717) is 5.69 Å². The number of hydrogen-bond donors (Lipinski definition) is 0. The second kappa shape index (κ2) is 8.81. The summed E-state index contributed by atoms with van der Waals surface area (Å²) < 4.78 is 2.31. The molecular formula is C27H32N4O. The van der Waals surface area contributed by atoms with Crippen LogP contribution in [0, 0.1) is 13.8 Å². The highest BCUT2D eigenvalue weighted by atomic mass is 16.2. The Morgan fingerprint density at radius 2 is 1.62 bits per heavy atom. The third kappa shape index (κ3) is 3.81. The molecule has 1 saturated heterocycles. The largest absolute Gasteiger partial charge is 0.368 e. The van der Waals surface area contributed by atoms with Gasteiger partial charge in [0.15, 0.2) is 0 Å². The van der Waals surface area contributed by atoms with Crippen LogP contribution < -0.4 is 4.90 Å². The van der Waals surface area contributed by atoms with Crippen LogP contribution in [0.3, 0.4) is 0 Å². The molecule has 0 bridgehead atoms. The summed E-state index contributed by atoms with van der Waals surface area (Å²) in [6.07, 6.45) is 4.41. The van der Waals surface area contributed by atoms with Gasteiger partial charge in [0.25, 0.3) is 5.91 Å². The highest BCUT2D eigenvalue weighted by molar-refractivity contribution is 5.94. The minimum atomic E-state index is 0.0958. The number of nitrogens with zero attached hydrogens (tertiary/aromatic N) is 4. The lowest BCUT2D eigenvalue weighted by Crippen LogP contribution is -2.49. The summed E-state index contributed by atoms with van der Waals surface area (Å²) in [4.78, 5) is 23.0. The lowest BCUT2D eigenvalue weighted by Gasteiger charge is -2.37. The standard InChI is InChI=1S/C27H32N4O/c1-20-10-9-14-23(21(20)2)29-16-18-30(19-17-29)27(32)25-24-13-7-4-8-15-31(24)26(28-25)22-11-5-3-6-12-22/h3,5-6,9-12,14H,4,7-8,13,15-19H2,1-2H3. The van der Waals surface area contributed by atoms with Crippen molar-refractivity contribution in [3.8, 4) is 11.4 Å². The van der Waals surface area contributed by atoms with E-state index in [4.69, 9.17) is 4.98 Å². The van der Waals surface area contributed by atoms with Gasteiger partial charge in [-0.3, -0.25) is 4.79 Å². The van der Waals surface area contributed by atoms with Crippen LogP contribution >= 0.6 is 0 Å². The molecule has 166 valence electrons. The van der Waals surface area contributed by atoms with Crippen LogP contribution in [0.5, 0.6) is 0 Å². The predicted octanol–water partition coefficient (Wildman–Crippen LogP) is 4.86. The van der Waals surface area contributed by atoms with Crippen molar-refractivity contribution in [2.75, 3.05) is 31.1 Å². The number of carbonyl (C=O) groups is 1. The van der Waals surface area contributed by atoms with Gasteiger partial charge in [0.1, 0.15) is 11.5 Å². The van der Waals surface area contributed by atoms with Crippen LogP contribution in [0.25, 0.3) is 11.4 Å². The fraction of sp³-hybridized carbons (Fsp3) is 0.407. The third-order valence-corrected chi connectivity index (χ3v) is 7.09. The van der Waals surface area contributed by atoms with Crippen molar-refractivity contribution in [1.29, 1.82) is 0 Å². The lowest BCUT2D eigenvalue weighted by molar-refractivity contribution is 0.0740. The summed E-state index contributed by atoms with van der Waals surface area (Å²) in [5.74, 6) is 1.04. The number of amides is 1. The van der Waals surface area contributed by atoms with Crippen molar-refractivity contribution in [3.63, 3.8) is 0 Å². The molecule has 0 unspecified atom stereocenters. The molecule has 3 aromatic rings. The maximum atomic E-state index is 13.6. The molecule has 2 aliphatic rings. The van der Waals surface area contributed by atoms with Crippen molar-refractivity contribution in [2.24, 2.45) is 0 Å². The SMILES string of the molecule is Cc1cccc(N2CCN(C(=O)c3nc(-c4ccccc4)n4c3CCCCC4)CC2)c1C. The van der Waals surface area contributed by atoms with Crippen molar-refractivity contribution in [1.82, 2.24) is 14.5 Å². The molecule has 1 amide bonds. The molecule has 1 aromatic heterocycles. The Labute approximate surface area is 190 Å². The Bertz CT molecular complexity index is 1110. The molecule has 5 nitrogen and oxygen atoms in total. The van der Waals surface area contributed by atoms with Crippen molar-refractivity contribution >= 4 is 11.6 Å². The monoisotopic (exact) mass is 428 g/mol. The summed E-state index contributed by atoms with van der Waals surface area (Å²) >= 11 is 0. The molecular weight excluding hydrogens is 396 g/mol. The molecule has 2 aliphatic heterocycles. The fourth-order valence-corrected chi connectivity index (χ4v) is 5.08. The average molecular weight is 429 g/mol. The van der Waals surface area contributed by atoms with Gasteiger partial charge < -0.3 is 14.4 Å². The molecule has 32 heavy (non-hydrogen) atoms.